The van der Waals surface area contributed by atoms with Gasteiger partial charge in [-0.15, -0.1) is 10.2 Å². The molecule has 1 fully saturated rings. The number of hydrogen-bond donors (Lipinski definition) is 0. The van der Waals surface area contributed by atoms with Crippen LogP contribution in [0, 0.1) is 11.7 Å². The van der Waals surface area contributed by atoms with Crippen LogP contribution in [0.25, 0.3) is 0 Å². The highest BCUT2D eigenvalue weighted by Crippen LogP contribution is 2.23. The highest BCUT2D eigenvalue weighted by atomic mass is 19.1. The van der Waals surface area contributed by atoms with Crippen molar-refractivity contribution in [3.63, 3.8) is 0 Å². The third-order valence-corrected chi connectivity index (χ3v) is 5.00. The van der Waals surface area contributed by atoms with Crippen LogP contribution in [0.15, 0.2) is 28.7 Å². The van der Waals surface area contributed by atoms with E-state index in [-0.39, 0.29) is 49.6 Å². The molecule has 2 amide bonds. The molecule has 1 atom stereocenters. The Morgan fingerprint density at radius 2 is 2.04 bits per heavy atom. The molecule has 2 aromatic rings. The minimum Gasteiger partial charge on any atom is -0.423 e. The highest BCUT2D eigenvalue weighted by Gasteiger charge is 2.33. The number of hydrogen-bond acceptors (Lipinski definition) is 5. The molecular formula is C20H25FN4O3. The summed E-state index contributed by atoms with van der Waals surface area (Å²) in [5.41, 5.74) is 0.453. The number of benzene rings is 1. The zero-order valence-electron chi connectivity index (χ0n) is 16.2. The number of rotatable bonds is 7. The molecule has 1 aromatic heterocycles. The molecule has 2 heterocycles. The fourth-order valence-electron chi connectivity index (χ4n) is 3.36. The topological polar surface area (TPSA) is 79.5 Å². The predicted octanol–water partition coefficient (Wildman–Crippen LogP) is 2.56. The molecule has 3 rings (SSSR count). The molecule has 1 saturated heterocycles. The summed E-state index contributed by atoms with van der Waals surface area (Å²) in [6, 6.07) is 6.39. The first-order chi connectivity index (χ1) is 13.5. The van der Waals surface area contributed by atoms with E-state index in [0.29, 0.717) is 36.7 Å². The molecule has 1 aliphatic heterocycles. The van der Waals surface area contributed by atoms with E-state index < -0.39 is 0 Å². The first-order valence-electron chi connectivity index (χ1n) is 9.63. The van der Waals surface area contributed by atoms with Crippen LogP contribution in [0.4, 0.5) is 4.39 Å². The summed E-state index contributed by atoms with van der Waals surface area (Å²) in [5.74, 6) is 0.171. The Morgan fingerprint density at radius 1 is 1.29 bits per heavy atom. The lowest BCUT2D eigenvalue weighted by atomic mass is 9.95. The number of nitrogens with zero attached hydrogens (tertiary/aromatic N) is 4. The first kappa shape index (κ1) is 20.0. The quantitative estimate of drug-likeness (QED) is 0.728. The van der Waals surface area contributed by atoms with Crippen LogP contribution < -0.4 is 0 Å². The van der Waals surface area contributed by atoms with Crippen molar-refractivity contribution in [3.05, 3.63) is 47.4 Å². The molecule has 1 aromatic carbocycles. The molecule has 0 radical (unpaired) electrons. The molecule has 7 nitrogen and oxygen atoms in total. The Bertz CT molecular complexity index is 838. The Morgan fingerprint density at radius 3 is 2.71 bits per heavy atom. The second kappa shape index (κ2) is 8.95. The SMILES string of the molecule is CCc1nnc(CN(CC)C(=O)[C@@H]2CCC(=O)N(Cc3ccccc3F)C2)o1. The molecule has 0 bridgehead atoms. The molecular weight excluding hydrogens is 363 g/mol. The van der Waals surface area contributed by atoms with Crippen LogP contribution in [0.5, 0.6) is 0 Å². The molecule has 0 N–H and O–H groups in total. The summed E-state index contributed by atoms with van der Waals surface area (Å²) in [6.45, 7) is 5.02. The zero-order valence-corrected chi connectivity index (χ0v) is 16.2. The fourth-order valence-corrected chi connectivity index (χ4v) is 3.36. The van der Waals surface area contributed by atoms with Crippen LogP contribution in [0.2, 0.25) is 0 Å². The van der Waals surface area contributed by atoms with Gasteiger partial charge in [-0.1, -0.05) is 25.1 Å². The molecule has 28 heavy (non-hydrogen) atoms. The van der Waals surface area contributed by atoms with Crippen molar-refractivity contribution >= 4 is 11.8 Å². The maximum Gasteiger partial charge on any atom is 0.235 e. The smallest absolute Gasteiger partial charge is 0.235 e. The zero-order chi connectivity index (χ0) is 20.1. The Balaban J connectivity index is 1.66. The van der Waals surface area contributed by atoms with Crippen LogP contribution in [-0.2, 0) is 29.1 Å². The maximum absolute atomic E-state index is 13.9. The van der Waals surface area contributed by atoms with E-state index in [1.165, 1.54) is 6.07 Å². The number of aryl methyl sites for hydroxylation is 1. The van der Waals surface area contributed by atoms with Crippen molar-refractivity contribution in [2.24, 2.45) is 5.92 Å². The number of carbonyl (C=O) groups excluding carboxylic acids is 2. The lowest BCUT2D eigenvalue weighted by Gasteiger charge is -2.34. The van der Waals surface area contributed by atoms with Crippen molar-refractivity contribution in [2.75, 3.05) is 13.1 Å². The average molecular weight is 388 g/mol. The monoisotopic (exact) mass is 388 g/mol. The van der Waals surface area contributed by atoms with Gasteiger partial charge in [-0.25, -0.2) is 4.39 Å². The number of piperidine rings is 1. The van der Waals surface area contributed by atoms with Gasteiger partial charge in [-0.2, -0.15) is 0 Å². The van der Waals surface area contributed by atoms with Crippen molar-refractivity contribution in [1.29, 1.82) is 0 Å². The molecule has 0 unspecified atom stereocenters. The van der Waals surface area contributed by atoms with Crippen molar-refractivity contribution < 1.29 is 18.4 Å². The van der Waals surface area contributed by atoms with Crippen molar-refractivity contribution in [1.82, 2.24) is 20.0 Å². The van der Waals surface area contributed by atoms with Gasteiger partial charge in [0.15, 0.2) is 0 Å². The summed E-state index contributed by atoms with van der Waals surface area (Å²) in [7, 11) is 0. The Kier molecular flexibility index (Phi) is 6.38. The van der Waals surface area contributed by atoms with E-state index in [4.69, 9.17) is 4.42 Å². The minimum absolute atomic E-state index is 0.0511. The number of halogens is 1. The van der Waals surface area contributed by atoms with Gasteiger partial charge >= 0.3 is 0 Å². The number of likely N-dealkylation sites (tertiary alicyclic amines) is 1. The lowest BCUT2D eigenvalue weighted by Crippen LogP contribution is -2.46. The second-order valence-corrected chi connectivity index (χ2v) is 6.90. The van der Waals surface area contributed by atoms with Crippen LogP contribution >= 0.6 is 0 Å². The normalized spacial score (nSPS) is 17.0. The molecule has 8 heteroatoms. The van der Waals surface area contributed by atoms with E-state index in [2.05, 4.69) is 10.2 Å². The van der Waals surface area contributed by atoms with Crippen LogP contribution in [0.1, 0.15) is 44.0 Å². The van der Waals surface area contributed by atoms with Crippen molar-refractivity contribution in [2.45, 2.75) is 46.2 Å². The molecule has 0 spiro atoms. The first-order valence-corrected chi connectivity index (χ1v) is 9.63. The van der Waals surface area contributed by atoms with Gasteiger partial charge in [-0.3, -0.25) is 9.59 Å². The van der Waals surface area contributed by atoms with E-state index in [9.17, 15) is 14.0 Å². The third kappa shape index (κ3) is 4.55. The van der Waals surface area contributed by atoms with E-state index in [0.717, 1.165) is 0 Å². The van der Waals surface area contributed by atoms with Crippen LogP contribution in [0.3, 0.4) is 0 Å². The number of carbonyl (C=O) groups is 2. The van der Waals surface area contributed by atoms with Crippen LogP contribution in [-0.4, -0.2) is 44.9 Å². The summed E-state index contributed by atoms with van der Waals surface area (Å²) in [6.07, 6.45) is 1.41. The predicted molar refractivity (Wildman–Crippen MR) is 99.3 cm³/mol. The van der Waals surface area contributed by atoms with Gasteiger partial charge in [0.1, 0.15) is 5.82 Å². The average Bonchev–Trinajstić information content (AvgIpc) is 3.16. The summed E-state index contributed by atoms with van der Waals surface area (Å²) in [5, 5.41) is 7.91. The van der Waals surface area contributed by atoms with Gasteiger partial charge in [0.25, 0.3) is 0 Å². The van der Waals surface area contributed by atoms with Crippen molar-refractivity contribution in [3.8, 4) is 0 Å². The Hall–Kier alpha value is -2.77. The standard InChI is InChI=1S/C20H25FN4O3/c1-3-17-22-23-18(28-17)13-24(4-2)20(27)15-9-10-19(26)25(12-15)11-14-7-5-6-8-16(14)21/h5-8,15H,3-4,9-13H2,1-2H3/t15-/m1/s1. The summed E-state index contributed by atoms with van der Waals surface area (Å²) in [4.78, 5) is 28.5. The van der Waals surface area contributed by atoms with Gasteiger partial charge < -0.3 is 14.2 Å². The largest absolute Gasteiger partial charge is 0.423 e. The number of amides is 2. The van der Waals surface area contributed by atoms with Gasteiger partial charge in [0.2, 0.25) is 23.6 Å². The third-order valence-electron chi connectivity index (χ3n) is 5.00. The molecule has 150 valence electrons. The van der Waals surface area contributed by atoms with E-state index in [1.54, 1.807) is 28.0 Å². The van der Waals surface area contributed by atoms with Gasteiger partial charge in [0.05, 0.1) is 12.5 Å². The summed E-state index contributed by atoms with van der Waals surface area (Å²) < 4.78 is 19.5. The molecule has 1 aliphatic rings. The van der Waals surface area contributed by atoms with Gasteiger partial charge in [-0.05, 0) is 19.4 Å². The number of aromatic nitrogens is 2. The molecule has 0 saturated carbocycles. The fraction of sp³-hybridized carbons (Fsp3) is 0.500. The van der Waals surface area contributed by atoms with E-state index in [1.807, 2.05) is 13.8 Å². The van der Waals surface area contributed by atoms with E-state index >= 15 is 0 Å². The minimum atomic E-state index is -0.345. The van der Waals surface area contributed by atoms with Gasteiger partial charge in [0, 0.05) is 38.0 Å². The Labute approximate surface area is 163 Å². The lowest BCUT2D eigenvalue weighted by molar-refractivity contribution is -0.144. The molecule has 0 aliphatic carbocycles. The second-order valence-electron chi connectivity index (χ2n) is 6.90. The maximum atomic E-state index is 13.9. The highest BCUT2D eigenvalue weighted by molar-refractivity contribution is 5.83. The summed E-state index contributed by atoms with van der Waals surface area (Å²) >= 11 is 0.